The highest BCUT2D eigenvalue weighted by atomic mass is 35.5. The number of hydrogen-bond donors (Lipinski definition) is 1. The minimum absolute atomic E-state index is 0.113. The lowest BCUT2D eigenvalue weighted by atomic mass is 9.73. The average molecular weight is 603 g/mol. The van der Waals surface area contributed by atoms with Crippen molar-refractivity contribution in [2.45, 2.75) is 71.8 Å². The molecule has 0 radical (unpaired) electrons. The second kappa shape index (κ2) is 13.5. The summed E-state index contributed by atoms with van der Waals surface area (Å²) in [6.07, 6.45) is 4.84. The van der Waals surface area contributed by atoms with Crippen molar-refractivity contribution in [2.24, 2.45) is 17.1 Å². The van der Waals surface area contributed by atoms with E-state index in [9.17, 15) is 9.59 Å². The summed E-state index contributed by atoms with van der Waals surface area (Å²) in [5.41, 5.74) is 9.04. The van der Waals surface area contributed by atoms with Gasteiger partial charge in [0.15, 0.2) is 0 Å². The number of ether oxygens (including phenoxy) is 1. The fourth-order valence-electron chi connectivity index (χ4n) is 6.30. The van der Waals surface area contributed by atoms with E-state index in [1.54, 1.807) is 0 Å². The standard InChI is InChI=1S/C33H45Cl2N3O3/c1-5-23-17-24(6-2)19-25(18-23)20-30(39)38-15-16-41-33(22-38,27-7-8-28(34)29(35)21-27)11-14-37-12-9-26(10-13-37)32(3,4)31(36)40/h7-8,17-19,21,26H,5-6,9-16,20,22H2,1-4H3,(H2,36,40). The molecule has 6 nitrogen and oxygen atoms in total. The first kappa shape index (κ1) is 31.8. The molecule has 2 amide bonds. The van der Waals surface area contributed by atoms with E-state index >= 15 is 0 Å². The molecule has 4 rings (SSSR count). The molecule has 2 aromatic rings. The summed E-state index contributed by atoms with van der Waals surface area (Å²) in [5, 5.41) is 0.976. The molecule has 0 spiro atoms. The molecular formula is C33H45Cl2N3O3. The highest BCUT2D eigenvalue weighted by Crippen LogP contribution is 2.39. The van der Waals surface area contributed by atoms with Gasteiger partial charge in [0.2, 0.25) is 11.8 Å². The zero-order valence-corrected chi connectivity index (χ0v) is 26.5. The molecule has 2 aliphatic heterocycles. The van der Waals surface area contributed by atoms with Crippen molar-refractivity contribution >= 4 is 35.0 Å². The second-order valence-electron chi connectivity index (χ2n) is 12.3. The summed E-state index contributed by atoms with van der Waals surface area (Å²) >= 11 is 12.8. The smallest absolute Gasteiger partial charge is 0.227 e. The number of morpholine rings is 1. The number of benzene rings is 2. The molecule has 1 unspecified atom stereocenters. The molecule has 2 aliphatic rings. The molecule has 41 heavy (non-hydrogen) atoms. The van der Waals surface area contributed by atoms with Crippen molar-refractivity contribution < 1.29 is 14.3 Å². The number of aryl methyl sites for hydroxylation is 2. The summed E-state index contributed by atoms with van der Waals surface area (Å²) in [7, 11) is 0. The van der Waals surface area contributed by atoms with Crippen LogP contribution in [0.25, 0.3) is 0 Å². The third-order valence-corrected chi connectivity index (χ3v) is 10.1. The van der Waals surface area contributed by atoms with Crippen LogP contribution in [0, 0.1) is 11.3 Å². The number of carbonyl (C=O) groups is 2. The van der Waals surface area contributed by atoms with Crippen molar-refractivity contribution in [3.8, 4) is 0 Å². The van der Waals surface area contributed by atoms with Crippen molar-refractivity contribution in [3.63, 3.8) is 0 Å². The van der Waals surface area contributed by atoms with Gasteiger partial charge < -0.3 is 20.3 Å². The number of carbonyl (C=O) groups excluding carboxylic acids is 2. The van der Waals surface area contributed by atoms with Crippen LogP contribution >= 0.6 is 23.2 Å². The number of halogens is 2. The Bertz CT molecular complexity index is 1220. The molecule has 0 aliphatic carbocycles. The molecule has 2 N–H and O–H groups in total. The van der Waals surface area contributed by atoms with Crippen molar-refractivity contribution in [1.82, 2.24) is 9.80 Å². The van der Waals surface area contributed by atoms with E-state index in [2.05, 4.69) is 36.9 Å². The number of piperidine rings is 1. The first-order chi connectivity index (χ1) is 19.5. The monoisotopic (exact) mass is 601 g/mol. The Hall–Kier alpha value is -2.12. The van der Waals surface area contributed by atoms with Crippen LogP contribution in [0.2, 0.25) is 10.0 Å². The summed E-state index contributed by atoms with van der Waals surface area (Å²) < 4.78 is 6.56. The van der Waals surface area contributed by atoms with Gasteiger partial charge in [-0.15, -0.1) is 0 Å². The number of nitrogens with zero attached hydrogens (tertiary/aromatic N) is 2. The normalized spacial score (nSPS) is 20.8. The first-order valence-electron chi connectivity index (χ1n) is 15.0. The van der Waals surface area contributed by atoms with E-state index in [-0.39, 0.29) is 17.7 Å². The van der Waals surface area contributed by atoms with Crippen LogP contribution in [0.3, 0.4) is 0 Å². The molecule has 0 bridgehead atoms. The minimum atomic E-state index is -0.689. The molecular weight excluding hydrogens is 557 g/mol. The summed E-state index contributed by atoms with van der Waals surface area (Å²) in [4.78, 5) is 30.0. The lowest BCUT2D eigenvalue weighted by molar-refractivity contribution is -0.154. The maximum atomic E-state index is 13.7. The van der Waals surface area contributed by atoms with E-state index in [0.29, 0.717) is 42.6 Å². The van der Waals surface area contributed by atoms with Gasteiger partial charge in [0.1, 0.15) is 5.60 Å². The number of rotatable bonds is 10. The lowest BCUT2D eigenvalue weighted by Crippen LogP contribution is -2.53. The Morgan fingerprint density at radius 2 is 1.61 bits per heavy atom. The topological polar surface area (TPSA) is 75.9 Å². The average Bonchev–Trinajstić information content (AvgIpc) is 2.97. The maximum absolute atomic E-state index is 13.7. The Kier molecular flexibility index (Phi) is 10.4. The van der Waals surface area contributed by atoms with Gasteiger partial charge in [-0.2, -0.15) is 0 Å². The zero-order valence-electron chi connectivity index (χ0n) is 25.0. The van der Waals surface area contributed by atoms with E-state index in [0.717, 1.165) is 56.4 Å². The quantitative estimate of drug-likeness (QED) is 0.361. The molecule has 1 atom stereocenters. The van der Waals surface area contributed by atoms with Crippen molar-refractivity contribution in [2.75, 3.05) is 39.3 Å². The third-order valence-electron chi connectivity index (χ3n) is 9.34. The fourth-order valence-corrected chi connectivity index (χ4v) is 6.60. The minimum Gasteiger partial charge on any atom is -0.369 e. The largest absolute Gasteiger partial charge is 0.369 e. The van der Waals surface area contributed by atoms with Gasteiger partial charge in [-0.25, -0.2) is 0 Å². The molecule has 2 saturated heterocycles. The van der Waals surface area contributed by atoms with Crippen LogP contribution in [0.5, 0.6) is 0 Å². The van der Waals surface area contributed by atoms with Gasteiger partial charge in [-0.3, -0.25) is 9.59 Å². The Labute approximate surface area is 255 Å². The molecule has 8 heteroatoms. The molecule has 224 valence electrons. The van der Waals surface area contributed by atoms with E-state index in [1.807, 2.05) is 36.9 Å². The second-order valence-corrected chi connectivity index (χ2v) is 13.1. The first-order valence-corrected chi connectivity index (χ1v) is 15.7. The van der Waals surface area contributed by atoms with Crippen LogP contribution < -0.4 is 5.73 Å². The lowest BCUT2D eigenvalue weighted by Gasteiger charge is -2.45. The number of amides is 2. The fraction of sp³-hybridized carbons (Fsp3) is 0.576. The van der Waals surface area contributed by atoms with Gasteiger partial charge in [-0.1, -0.05) is 75.2 Å². The highest BCUT2D eigenvalue weighted by Gasteiger charge is 2.42. The Balaban J connectivity index is 1.51. The van der Waals surface area contributed by atoms with Crippen LogP contribution in [0.1, 0.15) is 69.2 Å². The molecule has 2 heterocycles. The van der Waals surface area contributed by atoms with Crippen LogP contribution in [-0.4, -0.2) is 60.9 Å². The zero-order chi connectivity index (χ0) is 29.8. The summed E-state index contributed by atoms with van der Waals surface area (Å²) in [6, 6.07) is 12.2. The van der Waals surface area contributed by atoms with Crippen molar-refractivity contribution in [1.29, 1.82) is 0 Å². The summed E-state index contributed by atoms with van der Waals surface area (Å²) in [6.45, 7) is 12.3. The van der Waals surface area contributed by atoms with Gasteiger partial charge in [0.25, 0.3) is 0 Å². The summed E-state index contributed by atoms with van der Waals surface area (Å²) in [5.74, 6) is 0.156. The van der Waals surface area contributed by atoms with Gasteiger partial charge in [-0.05, 0) is 85.5 Å². The van der Waals surface area contributed by atoms with Crippen LogP contribution in [-0.2, 0) is 39.2 Å². The van der Waals surface area contributed by atoms with E-state index in [1.165, 1.54) is 11.1 Å². The SMILES string of the molecule is CCc1cc(CC)cc(CC(=O)N2CCOC(CCN3CCC(C(C)(C)C(N)=O)CC3)(c3ccc(Cl)c(Cl)c3)C2)c1. The van der Waals surface area contributed by atoms with Gasteiger partial charge in [0, 0.05) is 18.5 Å². The molecule has 0 saturated carbocycles. The van der Waals surface area contributed by atoms with Crippen LogP contribution in [0.15, 0.2) is 36.4 Å². The molecule has 2 fully saturated rings. The molecule has 2 aromatic carbocycles. The van der Waals surface area contributed by atoms with E-state index < -0.39 is 11.0 Å². The van der Waals surface area contributed by atoms with Gasteiger partial charge in [0.05, 0.1) is 29.6 Å². The Morgan fingerprint density at radius 1 is 0.976 bits per heavy atom. The molecule has 0 aromatic heterocycles. The Morgan fingerprint density at radius 3 is 2.20 bits per heavy atom. The number of likely N-dealkylation sites (tertiary alicyclic amines) is 1. The number of hydrogen-bond acceptors (Lipinski definition) is 4. The highest BCUT2D eigenvalue weighted by molar-refractivity contribution is 6.42. The van der Waals surface area contributed by atoms with Gasteiger partial charge >= 0.3 is 0 Å². The maximum Gasteiger partial charge on any atom is 0.227 e. The van der Waals surface area contributed by atoms with Crippen molar-refractivity contribution in [3.05, 3.63) is 68.7 Å². The van der Waals surface area contributed by atoms with E-state index in [4.69, 9.17) is 33.7 Å². The number of primary amides is 1. The predicted octanol–water partition coefficient (Wildman–Crippen LogP) is 6.03. The predicted molar refractivity (Wildman–Crippen MR) is 166 cm³/mol. The third kappa shape index (κ3) is 7.45. The number of nitrogens with two attached hydrogens (primary N) is 1. The van der Waals surface area contributed by atoms with Crippen LogP contribution in [0.4, 0.5) is 0 Å².